The Balaban J connectivity index is 2.15. The molecule has 1 aromatic heterocycles. The summed E-state index contributed by atoms with van der Waals surface area (Å²) in [5.74, 6) is 3.35. The largest absolute Gasteiger partial charge is 0.350 e. The molecule has 1 unspecified atom stereocenters. The van der Waals surface area contributed by atoms with Gasteiger partial charge in [0.15, 0.2) is 5.82 Å². The highest BCUT2D eigenvalue weighted by Crippen LogP contribution is 2.22. The van der Waals surface area contributed by atoms with Crippen LogP contribution in [-0.4, -0.2) is 39.6 Å². The summed E-state index contributed by atoms with van der Waals surface area (Å²) in [7, 11) is 0. The Morgan fingerprint density at radius 2 is 2.57 bits per heavy atom. The van der Waals surface area contributed by atoms with E-state index in [-0.39, 0.29) is 0 Å². The number of rotatable bonds is 2. The Bertz CT molecular complexity index is 283. The van der Waals surface area contributed by atoms with Gasteiger partial charge in [0.05, 0.1) is 0 Å². The highest BCUT2D eigenvalue weighted by Gasteiger charge is 2.22. The van der Waals surface area contributed by atoms with Crippen molar-refractivity contribution in [3.8, 4) is 0 Å². The fraction of sp³-hybridized carbons (Fsp3) is 0.556. The predicted molar refractivity (Wildman–Crippen MR) is 64.3 cm³/mol. The monoisotopic (exact) mass is 273 g/mol. The van der Waals surface area contributed by atoms with Crippen molar-refractivity contribution in [2.75, 3.05) is 28.3 Å². The van der Waals surface area contributed by atoms with Gasteiger partial charge in [0.1, 0.15) is 0 Å². The van der Waals surface area contributed by atoms with E-state index in [1.807, 2.05) is 23.9 Å². The lowest BCUT2D eigenvalue weighted by Crippen LogP contribution is -2.44. The molecule has 0 radical (unpaired) electrons. The summed E-state index contributed by atoms with van der Waals surface area (Å²) >= 11 is 5.55. The molecule has 76 valence electrons. The van der Waals surface area contributed by atoms with Crippen LogP contribution >= 0.6 is 27.7 Å². The number of halogens is 1. The maximum atomic E-state index is 4.15. The Morgan fingerprint density at radius 3 is 3.29 bits per heavy atom. The molecule has 0 aromatic carbocycles. The quantitative estimate of drug-likeness (QED) is 0.769. The third kappa shape index (κ3) is 2.20. The minimum atomic E-state index is 0.547. The van der Waals surface area contributed by atoms with E-state index in [2.05, 4.69) is 31.0 Å². The number of thioether (sulfide) groups is 1. The van der Waals surface area contributed by atoms with E-state index in [0.29, 0.717) is 6.04 Å². The van der Waals surface area contributed by atoms with E-state index < -0.39 is 0 Å². The zero-order valence-electron chi connectivity index (χ0n) is 7.77. The Labute approximate surface area is 96.4 Å². The van der Waals surface area contributed by atoms with Crippen LogP contribution in [0.3, 0.4) is 0 Å². The van der Waals surface area contributed by atoms with Crippen LogP contribution in [0, 0.1) is 0 Å². The number of anilines is 1. The van der Waals surface area contributed by atoms with E-state index in [4.69, 9.17) is 0 Å². The zero-order valence-corrected chi connectivity index (χ0v) is 10.2. The van der Waals surface area contributed by atoms with Crippen LogP contribution in [0.5, 0.6) is 0 Å². The summed E-state index contributed by atoms with van der Waals surface area (Å²) < 4.78 is 0. The molecule has 1 aliphatic rings. The minimum Gasteiger partial charge on any atom is -0.350 e. The lowest BCUT2D eigenvalue weighted by atomic mass is 10.3. The maximum Gasteiger partial charge on any atom is 0.151 e. The smallest absolute Gasteiger partial charge is 0.151 e. The molecule has 3 nitrogen and oxygen atoms in total. The van der Waals surface area contributed by atoms with Crippen molar-refractivity contribution in [3.63, 3.8) is 0 Å². The number of nitrogens with zero attached hydrogens (tertiary/aromatic N) is 3. The van der Waals surface area contributed by atoms with Crippen LogP contribution in [-0.2, 0) is 0 Å². The lowest BCUT2D eigenvalue weighted by Gasteiger charge is -2.34. The third-order valence-corrected chi connectivity index (χ3v) is 4.10. The van der Waals surface area contributed by atoms with Crippen LogP contribution < -0.4 is 4.90 Å². The van der Waals surface area contributed by atoms with Gasteiger partial charge in [-0.05, 0) is 12.1 Å². The van der Waals surface area contributed by atoms with Gasteiger partial charge >= 0.3 is 0 Å². The number of hydrogen-bond donors (Lipinski definition) is 0. The molecule has 1 aromatic rings. The van der Waals surface area contributed by atoms with Crippen LogP contribution in [0.25, 0.3) is 0 Å². The molecule has 14 heavy (non-hydrogen) atoms. The van der Waals surface area contributed by atoms with E-state index in [9.17, 15) is 0 Å². The van der Waals surface area contributed by atoms with Crippen molar-refractivity contribution in [2.24, 2.45) is 0 Å². The second-order valence-electron chi connectivity index (χ2n) is 3.16. The van der Waals surface area contributed by atoms with Crippen LogP contribution in [0.1, 0.15) is 0 Å². The van der Waals surface area contributed by atoms with Crippen LogP contribution in [0.4, 0.5) is 5.82 Å². The van der Waals surface area contributed by atoms with Gasteiger partial charge in [-0.3, -0.25) is 0 Å². The minimum absolute atomic E-state index is 0.547. The Kier molecular flexibility index (Phi) is 3.64. The molecule has 1 aliphatic heterocycles. The summed E-state index contributed by atoms with van der Waals surface area (Å²) in [6.07, 6.45) is 1.71. The fourth-order valence-corrected chi connectivity index (χ4v) is 3.47. The van der Waals surface area contributed by atoms with Gasteiger partial charge in [0.25, 0.3) is 0 Å². The molecular weight excluding hydrogens is 262 g/mol. The van der Waals surface area contributed by atoms with Crippen molar-refractivity contribution in [1.82, 2.24) is 10.2 Å². The van der Waals surface area contributed by atoms with Gasteiger partial charge in [-0.15, -0.1) is 5.10 Å². The molecule has 1 saturated heterocycles. The predicted octanol–water partition coefficient (Wildman–Crippen LogP) is 1.79. The lowest BCUT2D eigenvalue weighted by molar-refractivity contribution is 0.693. The van der Waals surface area contributed by atoms with Crippen LogP contribution in [0.15, 0.2) is 18.3 Å². The van der Waals surface area contributed by atoms with Gasteiger partial charge in [-0.1, -0.05) is 15.9 Å². The molecule has 5 heteroatoms. The molecule has 0 N–H and O–H groups in total. The summed E-state index contributed by atoms with van der Waals surface area (Å²) in [6, 6.07) is 4.51. The highest BCUT2D eigenvalue weighted by molar-refractivity contribution is 9.09. The normalized spacial score (nSPS) is 22.4. The second kappa shape index (κ2) is 4.98. The first kappa shape index (κ1) is 10.2. The van der Waals surface area contributed by atoms with E-state index in [1.54, 1.807) is 6.20 Å². The molecule has 0 bridgehead atoms. The zero-order chi connectivity index (χ0) is 9.80. The summed E-state index contributed by atoms with van der Waals surface area (Å²) in [6.45, 7) is 1.07. The van der Waals surface area contributed by atoms with Crippen LogP contribution in [0.2, 0.25) is 0 Å². The van der Waals surface area contributed by atoms with Gasteiger partial charge in [-0.2, -0.15) is 16.9 Å². The highest BCUT2D eigenvalue weighted by atomic mass is 79.9. The van der Waals surface area contributed by atoms with E-state index in [1.165, 1.54) is 11.5 Å². The summed E-state index contributed by atoms with van der Waals surface area (Å²) in [4.78, 5) is 2.33. The number of hydrogen-bond acceptors (Lipinski definition) is 4. The standard InChI is InChI=1S/C9H12BrN3S/c10-6-8-7-14-5-4-13(8)9-2-1-3-11-12-9/h1-3,8H,4-7H2. The van der Waals surface area contributed by atoms with Crippen molar-refractivity contribution >= 4 is 33.5 Å². The average molecular weight is 274 g/mol. The molecular formula is C9H12BrN3S. The van der Waals surface area contributed by atoms with Crippen molar-refractivity contribution in [2.45, 2.75) is 6.04 Å². The van der Waals surface area contributed by atoms with Crippen molar-refractivity contribution in [3.05, 3.63) is 18.3 Å². The van der Waals surface area contributed by atoms with E-state index in [0.717, 1.165) is 17.7 Å². The number of alkyl halides is 1. The fourth-order valence-electron chi connectivity index (χ4n) is 1.53. The molecule has 0 aliphatic carbocycles. The van der Waals surface area contributed by atoms with Crippen molar-refractivity contribution in [1.29, 1.82) is 0 Å². The summed E-state index contributed by atoms with van der Waals surface area (Å²) in [5.41, 5.74) is 0. The third-order valence-electron chi connectivity index (χ3n) is 2.26. The second-order valence-corrected chi connectivity index (χ2v) is 4.96. The molecule has 0 amide bonds. The molecule has 2 heterocycles. The molecule has 0 saturated carbocycles. The first-order valence-electron chi connectivity index (χ1n) is 4.60. The summed E-state index contributed by atoms with van der Waals surface area (Å²) in [5, 5.41) is 9.06. The van der Waals surface area contributed by atoms with E-state index >= 15 is 0 Å². The van der Waals surface area contributed by atoms with Gasteiger partial charge in [-0.25, -0.2) is 0 Å². The molecule has 2 rings (SSSR count). The number of aromatic nitrogens is 2. The van der Waals surface area contributed by atoms with Crippen molar-refractivity contribution < 1.29 is 0 Å². The Hall–Kier alpha value is -0.290. The Morgan fingerprint density at radius 1 is 1.64 bits per heavy atom. The van der Waals surface area contributed by atoms with Gasteiger partial charge < -0.3 is 4.90 Å². The molecule has 1 atom stereocenters. The van der Waals surface area contributed by atoms with Gasteiger partial charge in [0, 0.05) is 35.6 Å². The first-order chi connectivity index (χ1) is 6.92. The topological polar surface area (TPSA) is 29.0 Å². The first-order valence-corrected chi connectivity index (χ1v) is 6.87. The maximum absolute atomic E-state index is 4.15. The SMILES string of the molecule is BrCC1CSCCN1c1cccnn1. The molecule has 0 spiro atoms. The average Bonchev–Trinajstić information content (AvgIpc) is 2.30. The molecule has 1 fully saturated rings. The van der Waals surface area contributed by atoms with Gasteiger partial charge in [0.2, 0.25) is 0 Å².